The molecule has 0 bridgehead atoms. The summed E-state index contributed by atoms with van der Waals surface area (Å²) in [6.07, 6.45) is 3.99. The number of anilines is 1. The predicted octanol–water partition coefficient (Wildman–Crippen LogP) is 2.76. The fourth-order valence-electron chi connectivity index (χ4n) is 2.46. The molecule has 2 aliphatic rings. The van der Waals surface area contributed by atoms with Crippen LogP contribution in [-0.2, 0) is 5.41 Å². The topological polar surface area (TPSA) is 53.4 Å². The van der Waals surface area contributed by atoms with Gasteiger partial charge in [0.05, 0.1) is 0 Å². The maximum atomic E-state index is 11.1. The quantitative estimate of drug-likeness (QED) is 0.796. The first-order chi connectivity index (χ1) is 7.62. The summed E-state index contributed by atoms with van der Waals surface area (Å²) in [5, 5.41) is 9.12. The Bertz CT molecular complexity index is 471. The van der Waals surface area contributed by atoms with E-state index in [1.807, 2.05) is 6.07 Å². The molecule has 1 saturated carbocycles. The number of carbonyl (C=O) groups is 1. The highest BCUT2D eigenvalue weighted by Crippen LogP contribution is 2.56. The molecule has 1 N–H and O–H groups in total. The zero-order valence-electron chi connectivity index (χ0n) is 8.61. The summed E-state index contributed by atoms with van der Waals surface area (Å²) in [5.74, 6) is 0.624. The van der Waals surface area contributed by atoms with Gasteiger partial charge in [-0.25, -0.2) is 9.78 Å². The van der Waals surface area contributed by atoms with Gasteiger partial charge in [-0.3, -0.25) is 4.90 Å². The number of halogens is 1. The van der Waals surface area contributed by atoms with Crippen molar-refractivity contribution in [3.8, 4) is 0 Å². The third-order valence-corrected chi connectivity index (χ3v) is 3.99. The van der Waals surface area contributed by atoms with E-state index >= 15 is 0 Å². The lowest BCUT2D eigenvalue weighted by molar-refractivity contribution is 0.200. The molecule has 1 fully saturated rings. The van der Waals surface area contributed by atoms with Crippen LogP contribution in [0.3, 0.4) is 0 Å². The van der Waals surface area contributed by atoms with Crippen LogP contribution in [0.2, 0.25) is 0 Å². The summed E-state index contributed by atoms with van der Waals surface area (Å²) in [4.78, 5) is 16.7. The molecule has 0 radical (unpaired) electrons. The third kappa shape index (κ3) is 1.34. The van der Waals surface area contributed by atoms with Gasteiger partial charge in [0.1, 0.15) is 5.82 Å². The molecule has 2 heterocycles. The van der Waals surface area contributed by atoms with Gasteiger partial charge in [0, 0.05) is 28.2 Å². The number of nitrogens with zero attached hydrogens (tertiary/aromatic N) is 2. The summed E-state index contributed by atoms with van der Waals surface area (Å²) in [7, 11) is 0. The minimum Gasteiger partial charge on any atom is -0.465 e. The monoisotopic (exact) mass is 282 g/mol. The zero-order valence-corrected chi connectivity index (χ0v) is 10.2. The molecule has 1 spiro atoms. The van der Waals surface area contributed by atoms with Crippen molar-refractivity contribution in [1.29, 1.82) is 0 Å². The van der Waals surface area contributed by atoms with E-state index in [1.54, 1.807) is 6.20 Å². The molecule has 5 heteroatoms. The molecule has 0 saturated heterocycles. The van der Waals surface area contributed by atoms with E-state index in [0.29, 0.717) is 12.4 Å². The van der Waals surface area contributed by atoms with E-state index < -0.39 is 6.09 Å². The molecule has 1 aromatic heterocycles. The summed E-state index contributed by atoms with van der Waals surface area (Å²) < 4.78 is 0.921. The predicted molar refractivity (Wildman–Crippen MR) is 62.8 cm³/mol. The second-order valence-electron chi connectivity index (χ2n) is 4.49. The van der Waals surface area contributed by atoms with Crippen molar-refractivity contribution in [3.63, 3.8) is 0 Å². The molecule has 0 atom stereocenters. The van der Waals surface area contributed by atoms with Gasteiger partial charge in [-0.05, 0) is 41.3 Å². The summed E-state index contributed by atoms with van der Waals surface area (Å²) in [6, 6.07) is 2.02. The van der Waals surface area contributed by atoms with Crippen LogP contribution in [0, 0.1) is 0 Å². The number of pyridine rings is 1. The zero-order chi connectivity index (χ0) is 11.3. The average Bonchev–Trinajstić information content (AvgIpc) is 3.00. The first kappa shape index (κ1) is 10.1. The molecule has 1 aliphatic carbocycles. The highest BCUT2D eigenvalue weighted by Gasteiger charge is 2.49. The van der Waals surface area contributed by atoms with E-state index in [9.17, 15) is 4.79 Å². The van der Waals surface area contributed by atoms with Crippen molar-refractivity contribution in [2.24, 2.45) is 0 Å². The molecule has 84 valence electrons. The van der Waals surface area contributed by atoms with Crippen LogP contribution >= 0.6 is 15.9 Å². The second-order valence-corrected chi connectivity index (χ2v) is 5.40. The SMILES string of the molecule is O=C(O)N1CCC2(CC2)c2cc(Br)cnc21. The van der Waals surface area contributed by atoms with Crippen molar-refractivity contribution in [2.45, 2.75) is 24.7 Å². The number of aromatic nitrogens is 1. The number of rotatable bonds is 0. The Hall–Kier alpha value is -1.10. The van der Waals surface area contributed by atoms with Gasteiger partial charge in [-0.2, -0.15) is 0 Å². The van der Waals surface area contributed by atoms with E-state index in [1.165, 1.54) is 4.90 Å². The Morgan fingerprint density at radius 2 is 2.25 bits per heavy atom. The fraction of sp³-hybridized carbons (Fsp3) is 0.455. The molecule has 3 rings (SSSR count). The minimum atomic E-state index is -0.911. The minimum absolute atomic E-state index is 0.220. The highest BCUT2D eigenvalue weighted by atomic mass is 79.9. The van der Waals surface area contributed by atoms with E-state index in [0.717, 1.165) is 29.3 Å². The van der Waals surface area contributed by atoms with Crippen LogP contribution in [-0.4, -0.2) is 22.7 Å². The van der Waals surface area contributed by atoms with Crippen molar-refractivity contribution < 1.29 is 9.90 Å². The van der Waals surface area contributed by atoms with Gasteiger partial charge in [-0.15, -0.1) is 0 Å². The molecule has 4 nitrogen and oxygen atoms in total. The molecule has 1 amide bonds. The third-order valence-electron chi connectivity index (χ3n) is 3.56. The van der Waals surface area contributed by atoms with Crippen molar-refractivity contribution in [2.75, 3.05) is 11.4 Å². The van der Waals surface area contributed by atoms with Gasteiger partial charge in [0.15, 0.2) is 0 Å². The van der Waals surface area contributed by atoms with E-state index in [-0.39, 0.29) is 5.41 Å². The average molecular weight is 283 g/mol. The highest BCUT2D eigenvalue weighted by molar-refractivity contribution is 9.10. The van der Waals surface area contributed by atoms with Gasteiger partial charge in [-0.1, -0.05) is 0 Å². The Labute approximate surface area is 101 Å². The molecule has 1 aromatic rings. The Morgan fingerprint density at radius 1 is 1.50 bits per heavy atom. The van der Waals surface area contributed by atoms with Crippen molar-refractivity contribution >= 4 is 27.8 Å². The molecular formula is C11H11BrN2O2. The van der Waals surface area contributed by atoms with Gasteiger partial charge in [0.25, 0.3) is 0 Å². The molecular weight excluding hydrogens is 272 g/mol. The van der Waals surface area contributed by atoms with Gasteiger partial charge < -0.3 is 5.11 Å². The lowest BCUT2D eigenvalue weighted by atomic mass is 9.89. The number of amides is 1. The summed E-state index contributed by atoms with van der Waals surface area (Å²) >= 11 is 3.40. The second kappa shape index (κ2) is 3.20. The Balaban J connectivity index is 2.14. The lowest BCUT2D eigenvalue weighted by Crippen LogP contribution is -2.38. The molecule has 16 heavy (non-hydrogen) atoms. The molecule has 0 aromatic carbocycles. The number of carboxylic acid groups (broad SMARTS) is 1. The first-order valence-electron chi connectivity index (χ1n) is 5.29. The Kier molecular flexibility index (Phi) is 2.01. The molecule has 1 aliphatic heterocycles. The Morgan fingerprint density at radius 3 is 2.88 bits per heavy atom. The maximum Gasteiger partial charge on any atom is 0.413 e. The van der Waals surface area contributed by atoms with Crippen LogP contribution in [0.5, 0.6) is 0 Å². The van der Waals surface area contributed by atoms with Crippen LogP contribution < -0.4 is 4.90 Å². The van der Waals surface area contributed by atoms with E-state index in [4.69, 9.17) is 5.11 Å². The largest absolute Gasteiger partial charge is 0.465 e. The lowest BCUT2D eigenvalue weighted by Gasteiger charge is -2.31. The number of fused-ring (bicyclic) bond motifs is 2. The van der Waals surface area contributed by atoms with Gasteiger partial charge in [0.2, 0.25) is 0 Å². The van der Waals surface area contributed by atoms with Gasteiger partial charge >= 0.3 is 6.09 Å². The number of hydrogen-bond donors (Lipinski definition) is 1. The standard InChI is InChI=1S/C11H11BrN2O2/c12-7-5-8-9(13-6-7)14(10(15)16)4-3-11(8)1-2-11/h5-6H,1-4H2,(H,15,16). The van der Waals surface area contributed by atoms with Crippen LogP contribution in [0.25, 0.3) is 0 Å². The molecule has 0 unspecified atom stereocenters. The van der Waals surface area contributed by atoms with Crippen LogP contribution in [0.15, 0.2) is 16.7 Å². The normalized spacial score (nSPS) is 20.7. The smallest absolute Gasteiger partial charge is 0.413 e. The summed E-state index contributed by atoms with van der Waals surface area (Å²) in [6.45, 7) is 0.566. The van der Waals surface area contributed by atoms with Crippen molar-refractivity contribution in [1.82, 2.24) is 4.98 Å². The van der Waals surface area contributed by atoms with Crippen LogP contribution in [0.1, 0.15) is 24.8 Å². The van der Waals surface area contributed by atoms with Crippen LogP contribution in [0.4, 0.5) is 10.6 Å². The first-order valence-corrected chi connectivity index (χ1v) is 6.08. The number of hydrogen-bond acceptors (Lipinski definition) is 2. The van der Waals surface area contributed by atoms with Crippen molar-refractivity contribution in [3.05, 3.63) is 22.3 Å². The summed E-state index contributed by atoms with van der Waals surface area (Å²) in [5.41, 5.74) is 1.31. The fourth-order valence-corrected chi connectivity index (χ4v) is 2.79. The maximum absolute atomic E-state index is 11.1. The van der Waals surface area contributed by atoms with E-state index in [2.05, 4.69) is 20.9 Å².